The SMILES string of the molecule is CCSC1CCCC1Nc1ncnc(NN)c1C(C)C. The Bertz CT molecular complexity index is 438. The highest BCUT2D eigenvalue weighted by atomic mass is 32.2. The summed E-state index contributed by atoms with van der Waals surface area (Å²) in [6.07, 6.45) is 5.37. The van der Waals surface area contributed by atoms with E-state index in [2.05, 4.69) is 41.5 Å². The summed E-state index contributed by atoms with van der Waals surface area (Å²) >= 11 is 2.04. The van der Waals surface area contributed by atoms with E-state index in [1.807, 2.05) is 11.8 Å². The molecule has 1 aromatic rings. The van der Waals surface area contributed by atoms with Crippen molar-refractivity contribution >= 4 is 23.4 Å². The number of rotatable bonds is 6. The third-order valence-corrected chi connectivity index (χ3v) is 5.08. The first kappa shape index (κ1) is 15.4. The lowest BCUT2D eigenvalue weighted by molar-refractivity contribution is 0.751. The summed E-state index contributed by atoms with van der Waals surface area (Å²) in [7, 11) is 0. The smallest absolute Gasteiger partial charge is 0.148 e. The van der Waals surface area contributed by atoms with Crippen molar-refractivity contribution in [3.8, 4) is 0 Å². The maximum atomic E-state index is 5.57. The van der Waals surface area contributed by atoms with Gasteiger partial charge in [-0.3, -0.25) is 0 Å². The van der Waals surface area contributed by atoms with Crippen LogP contribution >= 0.6 is 11.8 Å². The van der Waals surface area contributed by atoms with Crippen molar-refractivity contribution in [3.63, 3.8) is 0 Å². The van der Waals surface area contributed by atoms with Crippen LogP contribution in [0, 0.1) is 0 Å². The Morgan fingerprint density at radius 1 is 1.35 bits per heavy atom. The molecule has 0 aromatic carbocycles. The number of nitrogen functional groups attached to an aromatic ring is 1. The van der Waals surface area contributed by atoms with Crippen LogP contribution in [0.3, 0.4) is 0 Å². The summed E-state index contributed by atoms with van der Waals surface area (Å²) in [5.41, 5.74) is 3.75. The molecule has 1 aromatic heterocycles. The molecule has 1 saturated carbocycles. The topological polar surface area (TPSA) is 75.9 Å². The molecule has 112 valence electrons. The second-order valence-corrected chi connectivity index (χ2v) is 6.98. The van der Waals surface area contributed by atoms with Crippen LogP contribution in [0.2, 0.25) is 0 Å². The van der Waals surface area contributed by atoms with Crippen molar-refractivity contribution in [2.75, 3.05) is 16.5 Å². The standard InChI is InChI=1S/C14H25N5S/c1-4-20-11-7-5-6-10(11)18-13-12(9(2)3)14(19-15)17-8-16-13/h8-11H,4-7,15H2,1-3H3,(H2,16,17,18,19). The van der Waals surface area contributed by atoms with Gasteiger partial charge in [-0.05, 0) is 24.5 Å². The first-order chi connectivity index (χ1) is 9.67. The van der Waals surface area contributed by atoms with Gasteiger partial charge in [0.1, 0.15) is 18.0 Å². The Labute approximate surface area is 125 Å². The number of hydrogen-bond acceptors (Lipinski definition) is 6. The predicted molar refractivity (Wildman–Crippen MR) is 87.1 cm³/mol. The Morgan fingerprint density at radius 3 is 2.75 bits per heavy atom. The minimum Gasteiger partial charge on any atom is -0.366 e. The van der Waals surface area contributed by atoms with Gasteiger partial charge in [-0.1, -0.05) is 27.2 Å². The Morgan fingerprint density at radius 2 is 2.10 bits per heavy atom. The third kappa shape index (κ3) is 3.35. The number of aromatic nitrogens is 2. The maximum Gasteiger partial charge on any atom is 0.148 e. The van der Waals surface area contributed by atoms with Crippen LogP contribution in [0.15, 0.2) is 6.33 Å². The van der Waals surface area contributed by atoms with Gasteiger partial charge in [-0.2, -0.15) is 11.8 Å². The number of nitrogens with zero attached hydrogens (tertiary/aromatic N) is 2. The Balaban J connectivity index is 2.20. The maximum absolute atomic E-state index is 5.57. The average molecular weight is 295 g/mol. The summed E-state index contributed by atoms with van der Waals surface area (Å²) in [5, 5.41) is 4.32. The van der Waals surface area contributed by atoms with E-state index in [1.165, 1.54) is 25.0 Å². The van der Waals surface area contributed by atoms with E-state index >= 15 is 0 Å². The van der Waals surface area contributed by atoms with Gasteiger partial charge in [0, 0.05) is 16.9 Å². The van der Waals surface area contributed by atoms with Crippen LogP contribution in [0.5, 0.6) is 0 Å². The monoisotopic (exact) mass is 295 g/mol. The van der Waals surface area contributed by atoms with Crippen LogP contribution in [0.4, 0.5) is 11.6 Å². The Kier molecular flexibility index (Phi) is 5.48. The Hall–Kier alpha value is -1.01. The number of nitrogens with one attached hydrogen (secondary N) is 2. The quantitative estimate of drug-likeness (QED) is 0.553. The predicted octanol–water partition coefficient (Wildman–Crippen LogP) is 2.97. The zero-order chi connectivity index (χ0) is 14.5. The van der Waals surface area contributed by atoms with Gasteiger partial charge in [-0.25, -0.2) is 15.8 Å². The molecule has 1 heterocycles. The van der Waals surface area contributed by atoms with Crippen LogP contribution in [0.25, 0.3) is 0 Å². The molecule has 1 aliphatic carbocycles. The van der Waals surface area contributed by atoms with Crippen LogP contribution in [-0.4, -0.2) is 27.0 Å². The number of hydrogen-bond donors (Lipinski definition) is 3. The molecular formula is C14H25N5S. The molecule has 0 radical (unpaired) electrons. The molecular weight excluding hydrogens is 270 g/mol. The van der Waals surface area contributed by atoms with E-state index < -0.39 is 0 Å². The molecule has 2 unspecified atom stereocenters. The van der Waals surface area contributed by atoms with Gasteiger partial charge in [0.25, 0.3) is 0 Å². The largest absolute Gasteiger partial charge is 0.366 e. The van der Waals surface area contributed by atoms with Crippen LogP contribution in [0.1, 0.15) is 51.5 Å². The van der Waals surface area contributed by atoms with E-state index in [-0.39, 0.29) is 0 Å². The zero-order valence-electron chi connectivity index (χ0n) is 12.5. The number of hydrazine groups is 1. The molecule has 20 heavy (non-hydrogen) atoms. The molecule has 0 aliphatic heterocycles. The fourth-order valence-corrected chi connectivity index (χ4v) is 4.05. The lowest BCUT2D eigenvalue weighted by atomic mass is 10.0. The van der Waals surface area contributed by atoms with E-state index in [0.717, 1.165) is 17.2 Å². The fraction of sp³-hybridized carbons (Fsp3) is 0.714. The third-order valence-electron chi connectivity index (χ3n) is 3.75. The van der Waals surface area contributed by atoms with Gasteiger partial charge < -0.3 is 10.7 Å². The molecule has 0 bridgehead atoms. The fourth-order valence-electron chi connectivity index (χ4n) is 2.85. The van der Waals surface area contributed by atoms with Crippen LogP contribution < -0.4 is 16.6 Å². The highest BCUT2D eigenvalue weighted by Gasteiger charge is 2.28. The molecule has 0 amide bonds. The van der Waals surface area contributed by atoms with Crippen molar-refractivity contribution in [1.82, 2.24) is 9.97 Å². The molecule has 2 atom stereocenters. The lowest BCUT2D eigenvalue weighted by Crippen LogP contribution is -2.28. The summed E-state index contributed by atoms with van der Waals surface area (Å²) in [6, 6.07) is 0.498. The molecule has 5 nitrogen and oxygen atoms in total. The first-order valence-electron chi connectivity index (χ1n) is 7.37. The molecule has 0 spiro atoms. The summed E-state index contributed by atoms with van der Waals surface area (Å²) in [6.45, 7) is 6.50. The van der Waals surface area contributed by atoms with E-state index in [4.69, 9.17) is 5.84 Å². The van der Waals surface area contributed by atoms with Gasteiger partial charge in [0.2, 0.25) is 0 Å². The van der Waals surface area contributed by atoms with Gasteiger partial charge >= 0.3 is 0 Å². The van der Waals surface area contributed by atoms with Crippen molar-refractivity contribution in [2.24, 2.45) is 5.84 Å². The van der Waals surface area contributed by atoms with Crippen molar-refractivity contribution in [3.05, 3.63) is 11.9 Å². The summed E-state index contributed by atoms with van der Waals surface area (Å²) < 4.78 is 0. The van der Waals surface area contributed by atoms with Crippen LogP contribution in [-0.2, 0) is 0 Å². The summed E-state index contributed by atoms with van der Waals surface area (Å²) in [4.78, 5) is 8.66. The number of thioether (sulfide) groups is 1. The molecule has 6 heteroatoms. The molecule has 2 rings (SSSR count). The summed E-state index contributed by atoms with van der Waals surface area (Å²) in [5.74, 6) is 8.70. The second kappa shape index (κ2) is 7.13. The molecule has 4 N–H and O–H groups in total. The molecule has 0 saturated heterocycles. The van der Waals surface area contributed by atoms with Gasteiger partial charge in [0.15, 0.2) is 0 Å². The second-order valence-electron chi connectivity index (χ2n) is 5.46. The number of anilines is 2. The average Bonchev–Trinajstić information content (AvgIpc) is 2.86. The highest BCUT2D eigenvalue weighted by Crippen LogP contribution is 2.34. The highest BCUT2D eigenvalue weighted by molar-refractivity contribution is 7.99. The molecule has 1 fully saturated rings. The minimum atomic E-state index is 0.323. The normalized spacial score (nSPS) is 22.2. The van der Waals surface area contributed by atoms with Gasteiger partial charge in [0.05, 0.1) is 0 Å². The molecule has 1 aliphatic rings. The van der Waals surface area contributed by atoms with Crippen molar-refractivity contribution in [2.45, 2.75) is 57.2 Å². The van der Waals surface area contributed by atoms with Crippen molar-refractivity contribution in [1.29, 1.82) is 0 Å². The van der Waals surface area contributed by atoms with E-state index in [0.29, 0.717) is 17.2 Å². The minimum absolute atomic E-state index is 0.323. The van der Waals surface area contributed by atoms with E-state index in [1.54, 1.807) is 6.33 Å². The zero-order valence-corrected chi connectivity index (χ0v) is 13.3. The number of nitrogens with two attached hydrogens (primary N) is 1. The van der Waals surface area contributed by atoms with Gasteiger partial charge in [-0.15, -0.1) is 0 Å². The lowest BCUT2D eigenvalue weighted by Gasteiger charge is -2.23. The van der Waals surface area contributed by atoms with Crippen molar-refractivity contribution < 1.29 is 0 Å². The van der Waals surface area contributed by atoms with E-state index in [9.17, 15) is 0 Å². The first-order valence-corrected chi connectivity index (χ1v) is 8.41.